The standard InChI is InChI=1S/C46H42N2/c1-4-12-35(13-5-1)44-18-10-11-19-45(44)48(42-16-8-3-9-17-42)43-26-22-37(23-27-43)46(38-29-33-28-34(31-38)32-39(46)30-33)36-20-24-41(25-21-36)47-40-14-6-2-7-15-40/h1-27,33-34,38-39,47H,28-32H2. The number of rotatable bonds is 8. The molecule has 4 aliphatic rings. The Hall–Kier alpha value is -5.08. The van der Waals surface area contributed by atoms with Crippen LogP contribution < -0.4 is 10.2 Å². The van der Waals surface area contributed by atoms with Crippen molar-refractivity contribution in [2.24, 2.45) is 23.7 Å². The van der Waals surface area contributed by atoms with Gasteiger partial charge in [-0.05, 0) is 127 Å². The maximum Gasteiger partial charge on any atom is 0.0540 e. The Bertz CT molecular complexity index is 1950. The fourth-order valence-corrected chi connectivity index (χ4v) is 9.98. The summed E-state index contributed by atoms with van der Waals surface area (Å²) < 4.78 is 0. The van der Waals surface area contributed by atoms with Crippen LogP contribution in [-0.2, 0) is 5.41 Å². The van der Waals surface area contributed by atoms with E-state index in [4.69, 9.17) is 0 Å². The molecule has 4 aliphatic carbocycles. The van der Waals surface area contributed by atoms with E-state index in [1.54, 1.807) is 0 Å². The zero-order chi connectivity index (χ0) is 31.9. The monoisotopic (exact) mass is 622 g/mol. The molecule has 0 amide bonds. The summed E-state index contributed by atoms with van der Waals surface area (Å²) in [5, 5.41) is 3.61. The van der Waals surface area contributed by atoms with Gasteiger partial charge < -0.3 is 10.2 Å². The predicted octanol–water partition coefficient (Wildman–Crippen LogP) is 12.3. The topological polar surface area (TPSA) is 15.3 Å². The largest absolute Gasteiger partial charge is 0.356 e. The van der Waals surface area contributed by atoms with Crippen molar-refractivity contribution >= 4 is 28.4 Å². The molecule has 1 N–H and O–H groups in total. The van der Waals surface area contributed by atoms with Crippen molar-refractivity contribution in [2.75, 3.05) is 10.2 Å². The summed E-state index contributed by atoms with van der Waals surface area (Å²) in [7, 11) is 0. The maximum atomic E-state index is 3.61. The van der Waals surface area contributed by atoms with Gasteiger partial charge in [-0.15, -0.1) is 0 Å². The molecule has 0 saturated heterocycles. The van der Waals surface area contributed by atoms with Crippen LogP contribution in [0.3, 0.4) is 0 Å². The first-order chi connectivity index (χ1) is 23.8. The quantitative estimate of drug-likeness (QED) is 0.182. The SMILES string of the molecule is c1ccc(Nc2ccc(C3(c4ccc(N(c5ccccc5)c5ccccc5-c5ccccc5)cc4)C4CC5CC(C4)CC3C5)cc2)cc1. The van der Waals surface area contributed by atoms with E-state index in [1.165, 1.54) is 71.4 Å². The average molecular weight is 623 g/mol. The highest BCUT2D eigenvalue weighted by Gasteiger charge is 2.58. The molecule has 0 spiro atoms. The van der Waals surface area contributed by atoms with Crippen LogP contribution in [0.5, 0.6) is 0 Å². The zero-order valence-electron chi connectivity index (χ0n) is 27.4. The molecule has 0 heterocycles. The molecule has 48 heavy (non-hydrogen) atoms. The lowest BCUT2D eigenvalue weighted by atomic mass is 9.42. The number of benzene rings is 6. The summed E-state index contributed by atoms with van der Waals surface area (Å²) in [6.45, 7) is 0. The number of hydrogen-bond acceptors (Lipinski definition) is 2. The third-order valence-electron chi connectivity index (χ3n) is 11.7. The normalized spacial score (nSPS) is 23.9. The molecular formula is C46H42N2. The summed E-state index contributed by atoms with van der Waals surface area (Å²) in [6, 6.07) is 60.1. The Kier molecular flexibility index (Phi) is 7.38. The summed E-state index contributed by atoms with van der Waals surface area (Å²) in [6.07, 6.45) is 6.90. The van der Waals surface area contributed by atoms with Crippen molar-refractivity contribution in [2.45, 2.75) is 37.5 Å². The lowest BCUT2D eigenvalue weighted by molar-refractivity contribution is -0.0418. The van der Waals surface area contributed by atoms with Gasteiger partial charge in [0.2, 0.25) is 0 Å². The second kappa shape index (κ2) is 12.2. The first-order valence-corrected chi connectivity index (χ1v) is 17.8. The molecule has 0 aromatic heterocycles. The highest BCUT2D eigenvalue weighted by Crippen LogP contribution is 2.65. The van der Waals surface area contributed by atoms with E-state index in [0.717, 1.165) is 23.2 Å². The van der Waals surface area contributed by atoms with Gasteiger partial charge in [-0.2, -0.15) is 0 Å². The van der Waals surface area contributed by atoms with E-state index in [9.17, 15) is 0 Å². The Morgan fingerprint density at radius 1 is 0.438 bits per heavy atom. The second-order valence-corrected chi connectivity index (χ2v) is 14.3. The van der Waals surface area contributed by atoms with Gasteiger partial charge >= 0.3 is 0 Å². The molecule has 2 heteroatoms. The van der Waals surface area contributed by atoms with Crippen molar-refractivity contribution < 1.29 is 0 Å². The molecule has 0 unspecified atom stereocenters. The smallest absolute Gasteiger partial charge is 0.0540 e. The highest BCUT2D eigenvalue weighted by atomic mass is 15.1. The Morgan fingerprint density at radius 2 is 0.917 bits per heavy atom. The van der Waals surface area contributed by atoms with Crippen molar-refractivity contribution in [1.29, 1.82) is 0 Å². The van der Waals surface area contributed by atoms with Crippen LogP contribution in [-0.4, -0.2) is 0 Å². The van der Waals surface area contributed by atoms with Crippen LogP contribution in [0.2, 0.25) is 0 Å². The number of nitrogens with one attached hydrogen (secondary N) is 1. The summed E-state index contributed by atoms with van der Waals surface area (Å²) in [5.41, 5.74) is 11.3. The van der Waals surface area contributed by atoms with Gasteiger partial charge in [0.05, 0.1) is 5.69 Å². The minimum absolute atomic E-state index is 0.0523. The summed E-state index contributed by atoms with van der Waals surface area (Å²) in [4.78, 5) is 2.43. The van der Waals surface area contributed by atoms with Gasteiger partial charge in [0.1, 0.15) is 0 Å². The highest BCUT2D eigenvalue weighted by molar-refractivity contribution is 5.88. The third kappa shape index (κ3) is 5.02. The van der Waals surface area contributed by atoms with Gasteiger partial charge in [-0.25, -0.2) is 0 Å². The van der Waals surface area contributed by atoms with E-state index >= 15 is 0 Å². The molecule has 6 aromatic rings. The van der Waals surface area contributed by atoms with Gasteiger partial charge in [-0.3, -0.25) is 0 Å². The molecule has 236 valence electrons. The van der Waals surface area contributed by atoms with Crippen molar-refractivity contribution in [1.82, 2.24) is 0 Å². The minimum Gasteiger partial charge on any atom is -0.356 e. The first-order valence-electron chi connectivity index (χ1n) is 17.8. The number of hydrogen-bond donors (Lipinski definition) is 1. The van der Waals surface area contributed by atoms with Crippen molar-refractivity contribution in [3.05, 3.63) is 175 Å². The molecule has 0 atom stereocenters. The third-order valence-corrected chi connectivity index (χ3v) is 11.7. The Balaban J connectivity index is 1.13. The van der Waals surface area contributed by atoms with Crippen molar-refractivity contribution in [3.63, 3.8) is 0 Å². The summed E-state index contributed by atoms with van der Waals surface area (Å²) >= 11 is 0. The van der Waals surface area contributed by atoms with Crippen LogP contribution in [0.25, 0.3) is 11.1 Å². The predicted molar refractivity (Wildman–Crippen MR) is 201 cm³/mol. The van der Waals surface area contributed by atoms with Crippen LogP contribution >= 0.6 is 0 Å². The van der Waals surface area contributed by atoms with E-state index in [2.05, 4.69) is 174 Å². The molecule has 0 radical (unpaired) electrons. The first kappa shape index (κ1) is 29.1. The lowest BCUT2D eigenvalue weighted by Gasteiger charge is -2.62. The van der Waals surface area contributed by atoms with Crippen LogP contribution in [0.15, 0.2) is 164 Å². The average Bonchev–Trinajstić information content (AvgIpc) is 3.14. The van der Waals surface area contributed by atoms with Crippen LogP contribution in [0.4, 0.5) is 28.4 Å². The van der Waals surface area contributed by atoms with E-state index < -0.39 is 0 Å². The second-order valence-electron chi connectivity index (χ2n) is 14.3. The fraction of sp³-hybridized carbons (Fsp3) is 0.217. The number of nitrogens with zero attached hydrogens (tertiary/aromatic N) is 1. The fourth-order valence-electron chi connectivity index (χ4n) is 9.98. The van der Waals surface area contributed by atoms with Gasteiger partial charge in [0.15, 0.2) is 0 Å². The molecule has 4 saturated carbocycles. The minimum atomic E-state index is 0.0523. The van der Waals surface area contributed by atoms with Gasteiger partial charge in [0.25, 0.3) is 0 Å². The lowest BCUT2D eigenvalue weighted by Crippen LogP contribution is -2.56. The van der Waals surface area contributed by atoms with Crippen molar-refractivity contribution in [3.8, 4) is 11.1 Å². The van der Waals surface area contributed by atoms with Crippen LogP contribution in [0.1, 0.15) is 43.2 Å². The van der Waals surface area contributed by atoms with E-state index in [0.29, 0.717) is 11.8 Å². The Labute approximate surface area is 285 Å². The molecule has 10 rings (SSSR count). The van der Waals surface area contributed by atoms with Crippen LogP contribution in [0, 0.1) is 23.7 Å². The molecule has 6 aromatic carbocycles. The van der Waals surface area contributed by atoms with Gasteiger partial charge in [0, 0.05) is 33.7 Å². The molecule has 2 nitrogen and oxygen atoms in total. The number of para-hydroxylation sites is 3. The molecule has 4 fully saturated rings. The van der Waals surface area contributed by atoms with Gasteiger partial charge in [-0.1, -0.05) is 109 Å². The molecular weight excluding hydrogens is 581 g/mol. The molecule has 0 aliphatic heterocycles. The maximum absolute atomic E-state index is 3.61. The van der Waals surface area contributed by atoms with E-state index in [1.807, 2.05) is 0 Å². The zero-order valence-corrected chi connectivity index (χ0v) is 27.4. The van der Waals surface area contributed by atoms with E-state index in [-0.39, 0.29) is 5.41 Å². The molecule has 4 bridgehead atoms. The number of anilines is 5. The summed E-state index contributed by atoms with van der Waals surface area (Å²) in [5.74, 6) is 3.19. The Morgan fingerprint density at radius 3 is 1.54 bits per heavy atom.